The molecule has 2 N–H and O–H groups in total. The van der Waals surface area contributed by atoms with Crippen LogP contribution in [0.4, 0.5) is 10.2 Å². The van der Waals surface area contributed by atoms with Gasteiger partial charge >= 0.3 is 0 Å². The third kappa shape index (κ3) is 3.35. The lowest BCUT2D eigenvalue weighted by Gasteiger charge is -2.17. The number of anilines is 1. The highest BCUT2D eigenvalue weighted by molar-refractivity contribution is 7.89. The van der Waals surface area contributed by atoms with Gasteiger partial charge in [-0.1, -0.05) is 12.1 Å². The first-order chi connectivity index (χ1) is 11.0. The minimum atomic E-state index is -3.47. The second-order valence-corrected chi connectivity index (χ2v) is 7.61. The molecule has 1 aromatic heterocycles. The van der Waals surface area contributed by atoms with E-state index in [2.05, 4.69) is 15.0 Å². The van der Waals surface area contributed by atoms with Crippen LogP contribution in [0.15, 0.2) is 47.5 Å². The summed E-state index contributed by atoms with van der Waals surface area (Å²) in [7, 11) is -2.11. The standard InChI is InChI=1S/C16H18FN3O2S/c1-18-23(21,22)14-6-7-15(19-10-14)20-11-16(8-9-16)12-2-4-13(17)5-3-12/h2-7,10,18H,8-9,11H2,1H3,(H,19,20). The Morgan fingerprint density at radius 3 is 2.39 bits per heavy atom. The Balaban J connectivity index is 1.68. The van der Waals surface area contributed by atoms with Crippen molar-refractivity contribution < 1.29 is 12.8 Å². The molecule has 0 atom stereocenters. The van der Waals surface area contributed by atoms with Gasteiger partial charge in [-0.25, -0.2) is 22.5 Å². The smallest absolute Gasteiger partial charge is 0.241 e. The molecule has 0 amide bonds. The third-order valence-electron chi connectivity index (χ3n) is 4.23. The molecule has 0 bridgehead atoms. The fourth-order valence-corrected chi connectivity index (χ4v) is 3.22. The van der Waals surface area contributed by atoms with Crippen molar-refractivity contribution in [2.24, 2.45) is 0 Å². The number of hydrogen-bond donors (Lipinski definition) is 2. The lowest BCUT2D eigenvalue weighted by atomic mass is 9.96. The maximum Gasteiger partial charge on any atom is 0.241 e. The molecule has 1 aromatic carbocycles. The Morgan fingerprint density at radius 1 is 1.17 bits per heavy atom. The van der Waals surface area contributed by atoms with Crippen molar-refractivity contribution in [2.45, 2.75) is 23.2 Å². The van der Waals surface area contributed by atoms with Crippen molar-refractivity contribution in [3.05, 3.63) is 54.0 Å². The molecule has 3 rings (SSSR count). The second kappa shape index (κ2) is 5.90. The van der Waals surface area contributed by atoms with Gasteiger partial charge in [-0.15, -0.1) is 0 Å². The van der Waals surface area contributed by atoms with Crippen molar-refractivity contribution in [2.75, 3.05) is 18.9 Å². The van der Waals surface area contributed by atoms with Crippen LogP contribution in [-0.2, 0) is 15.4 Å². The quantitative estimate of drug-likeness (QED) is 0.849. The van der Waals surface area contributed by atoms with Gasteiger partial charge < -0.3 is 5.32 Å². The summed E-state index contributed by atoms with van der Waals surface area (Å²) in [6, 6.07) is 9.75. The molecule has 0 unspecified atom stereocenters. The lowest BCUT2D eigenvalue weighted by Crippen LogP contribution is -2.21. The van der Waals surface area contributed by atoms with E-state index in [4.69, 9.17) is 0 Å². The van der Waals surface area contributed by atoms with Gasteiger partial charge in [0.2, 0.25) is 10.0 Å². The summed E-state index contributed by atoms with van der Waals surface area (Å²) in [5.74, 6) is 0.383. The number of sulfonamides is 1. The highest BCUT2D eigenvalue weighted by atomic mass is 32.2. The second-order valence-electron chi connectivity index (χ2n) is 5.73. The van der Waals surface area contributed by atoms with E-state index < -0.39 is 10.0 Å². The number of rotatable bonds is 6. The van der Waals surface area contributed by atoms with Gasteiger partial charge in [0.1, 0.15) is 16.5 Å². The third-order valence-corrected chi connectivity index (χ3v) is 5.63. The van der Waals surface area contributed by atoms with Gasteiger partial charge in [0.15, 0.2) is 0 Å². The Morgan fingerprint density at radius 2 is 1.87 bits per heavy atom. The molecule has 0 radical (unpaired) electrons. The molecule has 1 aliphatic carbocycles. The molecule has 0 spiro atoms. The van der Waals surface area contributed by atoms with E-state index >= 15 is 0 Å². The summed E-state index contributed by atoms with van der Waals surface area (Å²) in [6.45, 7) is 0.684. The van der Waals surface area contributed by atoms with Crippen LogP contribution in [0.5, 0.6) is 0 Å². The fraction of sp³-hybridized carbons (Fsp3) is 0.312. The number of benzene rings is 1. The predicted octanol–water partition coefficient (Wildman–Crippen LogP) is 2.27. The Bertz CT molecular complexity index is 785. The fourth-order valence-electron chi connectivity index (χ4n) is 2.54. The number of nitrogens with zero attached hydrogens (tertiary/aromatic N) is 1. The van der Waals surface area contributed by atoms with Crippen molar-refractivity contribution in [1.29, 1.82) is 0 Å². The zero-order chi connectivity index (χ0) is 16.5. The number of nitrogens with one attached hydrogen (secondary N) is 2. The zero-order valence-electron chi connectivity index (χ0n) is 12.7. The average Bonchev–Trinajstić information content (AvgIpc) is 3.35. The summed E-state index contributed by atoms with van der Waals surface area (Å²) in [6.07, 6.45) is 3.40. The largest absolute Gasteiger partial charge is 0.369 e. The van der Waals surface area contributed by atoms with Crippen molar-refractivity contribution in [1.82, 2.24) is 9.71 Å². The SMILES string of the molecule is CNS(=O)(=O)c1ccc(NCC2(c3ccc(F)cc3)CC2)nc1. The first-order valence-corrected chi connectivity index (χ1v) is 8.83. The van der Waals surface area contributed by atoms with Gasteiger partial charge in [0.25, 0.3) is 0 Å². The molecule has 1 fully saturated rings. The molecular formula is C16H18FN3O2S. The van der Waals surface area contributed by atoms with Gasteiger partial charge in [0, 0.05) is 18.2 Å². The number of pyridine rings is 1. The van der Waals surface area contributed by atoms with E-state index in [1.165, 1.54) is 31.4 Å². The molecule has 5 nitrogen and oxygen atoms in total. The molecule has 2 aromatic rings. The number of aromatic nitrogens is 1. The molecule has 122 valence electrons. The topological polar surface area (TPSA) is 71.1 Å². The summed E-state index contributed by atoms with van der Waals surface area (Å²) >= 11 is 0. The number of halogens is 1. The lowest BCUT2D eigenvalue weighted by molar-refractivity contribution is 0.588. The molecule has 7 heteroatoms. The minimum Gasteiger partial charge on any atom is -0.369 e. The number of hydrogen-bond acceptors (Lipinski definition) is 4. The molecule has 0 saturated heterocycles. The van der Waals surface area contributed by atoms with Crippen LogP contribution in [0.1, 0.15) is 18.4 Å². The normalized spacial score (nSPS) is 16.1. The van der Waals surface area contributed by atoms with Crippen LogP contribution in [0.25, 0.3) is 0 Å². The Kier molecular flexibility index (Phi) is 4.08. The Labute approximate surface area is 135 Å². The Hall–Kier alpha value is -1.99. The van der Waals surface area contributed by atoms with Gasteiger partial charge in [-0.05, 0) is 49.7 Å². The van der Waals surface area contributed by atoms with Gasteiger partial charge in [-0.2, -0.15) is 0 Å². The van der Waals surface area contributed by atoms with Crippen LogP contribution >= 0.6 is 0 Å². The summed E-state index contributed by atoms with van der Waals surface area (Å²) in [5.41, 5.74) is 1.13. The molecule has 0 aliphatic heterocycles. The van der Waals surface area contributed by atoms with Crippen molar-refractivity contribution in [3.63, 3.8) is 0 Å². The first kappa shape index (κ1) is 15.9. The molecule has 1 heterocycles. The summed E-state index contributed by atoms with van der Waals surface area (Å²) in [5, 5.41) is 3.24. The minimum absolute atomic E-state index is 0.0190. The predicted molar refractivity (Wildman–Crippen MR) is 86.3 cm³/mol. The van der Waals surface area contributed by atoms with E-state index in [9.17, 15) is 12.8 Å². The van der Waals surface area contributed by atoms with Gasteiger partial charge in [-0.3, -0.25) is 0 Å². The van der Waals surface area contributed by atoms with Crippen molar-refractivity contribution in [3.8, 4) is 0 Å². The van der Waals surface area contributed by atoms with Crippen LogP contribution in [0.3, 0.4) is 0 Å². The zero-order valence-corrected chi connectivity index (χ0v) is 13.5. The van der Waals surface area contributed by atoms with Crippen molar-refractivity contribution >= 4 is 15.8 Å². The molecular weight excluding hydrogens is 317 g/mol. The summed E-state index contributed by atoms with van der Waals surface area (Å²) < 4.78 is 38.6. The van der Waals surface area contributed by atoms with Gasteiger partial charge in [0.05, 0.1) is 0 Å². The van der Waals surface area contributed by atoms with E-state index in [0.717, 1.165) is 18.4 Å². The monoisotopic (exact) mass is 335 g/mol. The first-order valence-electron chi connectivity index (χ1n) is 7.35. The molecule has 23 heavy (non-hydrogen) atoms. The van der Waals surface area contributed by atoms with E-state index in [1.54, 1.807) is 6.07 Å². The van der Waals surface area contributed by atoms with Crippen LogP contribution < -0.4 is 10.0 Å². The highest BCUT2D eigenvalue weighted by Gasteiger charge is 2.43. The molecule has 1 saturated carbocycles. The van der Waals surface area contributed by atoms with Crippen LogP contribution in [0, 0.1) is 5.82 Å². The average molecular weight is 335 g/mol. The summed E-state index contributed by atoms with van der Waals surface area (Å²) in [4.78, 5) is 4.27. The van der Waals surface area contributed by atoms with E-state index in [1.807, 2.05) is 12.1 Å². The van der Waals surface area contributed by atoms with E-state index in [-0.39, 0.29) is 16.1 Å². The van der Waals surface area contributed by atoms with E-state index in [0.29, 0.717) is 12.4 Å². The van der Waals surface area contributed by atoms with Crippen LogP contribution in [0.2, 0.25) is 0 Å². The maximum atomic E-state index is 13.0. The highest BCUT2D eigenvalue weighted by Crippen LogP contribution is 2.48. The molecule has 1 aliphatic rings. The maximum absolute atomic E-state index is 13.0. The van der Waals surface area contributed by atoms with Crippen LogP contribution in [-0.4, -0.2) is 27.0 Å².